The van der Waals surface area contributed by atoms with Gasteiger partial charge in [-0.05, 0) is 37.3 Å². The molecular weight excluding hydrogens is 324 g/mol. The topological polar surface area (TPSA) is 59.2 Å². The fourth-order valence-corrected chi connectivity index (χ4v) is 3.00. The number of aliphatic imine (C=N–C) groups is 1. The molecule has 0 bridgehead atoms. The van der Waals surface area contributed by atoms with Gasteiger partial charge in [-0.1, -0.05) is 18.2 Å². The molecule has 138 valence electrons. The zero-order valence-corrected chi connectivity index (χ0v) is 15.4. The number of nitrogens with one attached hydrogen (secondary N) is 2. The monoisotopic (exact) mass is 352 g/mol. The van der Waals surface area contributed by atoms with Crippen LogP contribution in [-0.4, -0.2) is 39.7 Å². The maximum atomic E-state index is 4.65. The van der Waals surface area contributed by atoms with Crippen molar-refractivity contribution in [2.45, 2.75) is 32.9 Å². The third-order valence-electron chi connectivity index (χ3n) is 4.30. The molecule has 0 fully saturated rings. The second-order valence-electron chi connectivity index (χ2n) is 6.26. The molecule has 3 rings (SSSR count). The second-order valence-corrected chi connectivity index (χ2v) is 6.26. The van der Waals surface area contributed by atoms with Crippen molar-refractivity contribution in [2.24, 2.45) is 4.99 Å². The van der Waals surface area contributed by atoms with Crippen LogP contribution in [-0.2, 0) is 13.1 Å². The Kier molecular flexibility index (Phi) is 6.70. The SMILES string of the molecule is CCNC(=NCCCn1ccnc1)NCCCn1ccc2ccccc21. The van der Waals surface area contributed by atoms with Crippen LogP contribution in [0.15, 0.2) is 60.2 Å². The van der Waals surface area contributed by atoms with Crippen LogP contribution in [0.2, 0.25) is 0 Å². The summed E-state index contributed by atoms with van der Waals surface area (Å²) < 4.78 is 4.39. The molecule has 0 aliphatic heterocycles. The van der Waals surface area contributed by atoms with Crippen LogP contribution >= 0.6 is 0 Å². The van der Waals surface area contributed by atoms with Gasteiger partial charge in [0.1, 0.15) is 0 Å². The molecule has 6 nitrogen and oxygen atoms in total. The predicted molar refractivity (Wildman–Crippen MR) is 107 cm³/mol. The van der Waals surface area contributed by atoms with E-state index in [1.165, 1.54) is 10.9 Å². The lowest BCUT2D eigenvalue weighted by Crippen LogP contribution is -2.38. The maximum absolute atomic E-state index is 4.65. The molecule has 0 amide bonds. The number of benzene rings is 1. The summed E-state index contributed by atoms with van der Waals surface area (Å²) in [6.07, 6.45) is 9.86. The quantitative estimate of drug-likeness (QED) is 0.354. The number of guanidine groups is 1. The smallest absolute Gasteiger partial charge is 0.191 e. The van der Waals surface area contributed by atoms with E-state index in [2.05, 4.69) is 73.2 Å². The zero-order chi connectivity index (χ0) is 18.0. The van der Waals surface area contributed by atoms with E-state index in [-0.39, 0.29) is 0 Å². The summed E-state index contributed by atoms with van der Waals surface area (Å²) in [5, 5.41) is 8.04. The molecule has 0 saturated carbocycles. The van der Waals surface area contributed by atoms with Crippen molar-refractivity contribution in [2.75, 3.05) is 19.6 Å². The Labute approximate surface area is 155 Å². The van der Waals surface area contributed by atoms with Gasteiger partial charge >= 0.3 is 0 Å². The van der Waals surface area contributed by atoms with Gasteiger partial charge in [-0.3, -0.25) is 4.99 Å². The zero-order valence-electron chi connectivity index (χ0n) is 15.4. The summed E-state index contributed by atoms with van der Waals surface area (Å²) in [6.45, 7) is 6.62. The summed E-state index contributed by atoms with van der Waals surface area (Å²) in [4.78, 5) is 8.71. The standard InChI is InChI=1S/C20H28N6/c1-2-22-20(23-10-5-13-25-16-12-21-17-25)24-11-6-14-26-15-9-18-7-3-4-8-19(18)26/h3-4,7-9,12,15-17H,2,5-6,10-11,13-14H2,1H3,(H2,22,23,24). The van der Waals surface area contributed by atoms with E-state index >= 15 is 0 Å². The first-order valence-electron chi connectivity index (χ1n) is 9.38. The molecule has 0 aliphatic carbocycles. The van der Waals surface area contributed by atoms with Crippen molar-refractivity contribution in [3.05, 3.63) is 55.2 Å². The minimum atomic E-state index is 0.801. The predicted octanol–water partition coefficient (Wildman–Crippen LogP) is 2.87. The van der Waals surface area contributed by atoms with Crippen LogP contribution < -0.4 is 10.6 Å². The van der Waals surface area contributed by atoms with E-state index in [0.717, 1.165) is 51.5 Å². The van der Waals surface area contributed by atoms with Crippen molar-refractivity contribution >= 4 is 16.9 Å². The maximum Gasteiger partial charge on any atom is 0.191 e. The fourth-order valence-electron chi connectivity index (χ4n) is 3.00. The average Bonchev–Trinajstić information content (AvgIpc) is 3.32. The molecule has 3 aromatic rings. The van der Waals surface area contributed by atoms with Crippen molar-refractivity contribution in [3.8, 4) is 0 Å². The molecule has 0 radical (unpaired) electrons. The molecule has 0 spiro atoms. The van der Waals surface area contributed by atoms with E-state index in [4.69, 9.17) is 0 Å². The van der Waals surface area contributed by atoms with Crippen molar-refractivity contribution in [1.29, 1.82) is 0 Å². The molecule has 0 aliphatic rings. The van der Waals surface area contributed by atoms with Gasteiger partial charge in [-0.25, -0.2) is 4.98 Å². The Bertz CT molecular complexity index is 803. The van der Waals surface area contributed by atoms with E-state index < -0.39 is 0 Å². The Morgan fingerprint density at radius 1 is 1.08 bits per heavy atom. The number of imidazole rings is 1. The van der Waals surface area contributed by atoms with Gasteiger partial charge in [0, 0.05) is 56.8 Å². The van der Waals surface area contributed by atoms with Crippen LogP contribution in [0.3, 0.4) is 0 Å². The lowest BCUT2D eigenvalue weighted by Gasteiger charge is -2.12. The molecule has 2 heterocycles. The Morgan fingerprint density at radius 2 is 2.00 bits per heavy atom. The third-order valence-corrected chi connectivity index (χ3v) is 4.30. The van der Waals surface area contributed by atoms with E-state index in [9.17, 15) is 0 Å². The molecule has 26 heavy (non-hydrogen) atoms. The first-order valence-corrected chi connectivity index (χ1v) is 9.38. The Balaban J connectivity index is 1.40. The highest BCUT2D eigenvalue weighted by Gasteiger charge is 2.01. The molecular formula is C20H28N6. The number of aryl methyl sites for hydroxylation is 2. The van der Waals surface area contributed by atoms with Gasteiger partial charge in [0.05, 0.1) is 6.33 Å². The first-order chi connectivity index (χ1) is 12.9. The van der Waals surface area contributed by atoms with Crippen LogP contribution in [0.4, 0.5) is 0 Å². The fraction of sp³-hybridized carbons (Fsp3) is 0.400. The van der Waals surface area contributed by atoms with Gasteiger partial charge in [-0.2, -0.15) is 0 Å². The lowest BCUT2D eigenvalue weighted by atomic mass is 10.2. The third kappa shape index (κ3) is 5.12. The molecule has 0 saturated heterocycles. The average molecular weight is 352 g/mol. The number of fused-ring (bicyclic) bond motifs is 1. The van der Waals surface area contributed by atoms with Crippen LogP contribution in [0.5, 0.6) is 0 Å². The molecule has 2 aromatic heterocycles. The molecule has 1 aromatic carbocycles. The number of para-hydroxylation sites is 1. The Morgan fingerprint density at radius 3 is 2.85 bits per heavy atom. The normalized spacial score (nSPS) is 11.8. The molecule has 6 heteroatoms. The van der Waals surface area contributed by atoms with E-state index in [1.807, 2.05) is 18.7 Å². The van der Waals surface area contributed by atoms with E-state index in [0.29, 0.717) is 0 Å². The van der Waals surface area contributed by atoms with Crippen LogP contribution in [0, 0.1) is 0 Å². The number of hydrogen-bond donors (Lipinski definition) is 2. The number of nitrogens with zero attached hydrogens (tertiary/aromatic N) is 4. The van der Waals surface area contributed by atoms with Gasteiger partial charge in [0.25, 0.3) is 0 Å². The van der Waals surface area contributed by atoms with Crippen LogP contribution in [0.25, 0.3) is 10.9 Å². The van der Waals surface area contributed by atoms with Gasteiger partial charge in [-0.15, -0.1) is 0 Å². The number of aromatic nitrogens is 3. The highest BCUT2D eigenvalue weighted by molar-refractivity contribution is 5.80. The summed E-state index contributed by atoms with van der Waals surface area (Å²) in [5.74, 6) is 0.899. The summed E-state index contributed by atoms with van der Waals surface area (Å²) in [5.41, 5.74) is 1.30. The molecule has 0 unspecified atom stereocenters. The summed E-state index contributed by atoms with van der Waals surface area (Å²) in [7, 11) is 0. The Hall–Kier alpha value is -2.76. The second kappa shape index (κ2) is 9.65. The van der Waals surface area contributed by atoms with Crippen molar-refractivity contribution in [3.63, 3.8) is 0 Å². The van der Waals surface area contributed by atoms with Gasteiger partial charge in [0.15, 0.2) is 5.96 Å². The highest BCUT2D eigenvalue weighted by atomic mass is 15.2. The summed E-state index contributed by atoms with van der Waals surface area (Å²) in [6, 6.07) is 10.7. The lowest BCUT2D eigenvalue weighted by molar-refractivity contribution is 0.632. The van der Waals surface area contributed by atoms with Crippen molar-refractivity contribution in [1.82, 2.24) is 24.8 Å². The number of hydrogen-bond acceptors (Lipinski definition) is 2. The van der Waals surface area contributed by atoms with E-state index in [1.54, 1.807) is 0 Å². The van der Waals surface area contributed by atoms with Gasteiger partial charge in [0.2, 0.25) is 0 Å². The molecule has 0 atom stereocenters. The van der Waals surface area contributed by atoms with Crippen LogP contribution in [0.1, 0.15) is 19.8 Å². The highest BCUT2D eigenvalue weighted by Crippen LogP contribution is 2.15. The molecule has 2 N–H and O–H groups in total. The van der Waals surface area contributed by atoms with Crippen molar-refractivity contribution < 1.29 is 0 Å². The first kappa shape index (κ1) is 18.0. The number of rotatable bonds is 9. The van der Waals surface area contributed by atoms with Gasteiger partial charge < -0.3 is 19.8 Å². The minimum absolute atomic E-state index is 0.801. The summed E-state index contributed by atoms with van der Waals surface area (Å²) >= 11 is 0. The minimum Gasteiger partial charge on any atom is -0.357 e. The largest absolute Gasteiger partial charge is 0.357 e.